The third-order valence-electron chi connectivity index (χ3n) is 6.90. The number of aromatic nitrogens is 2. The molecule has 9 heteroatoms. The number of H-pyrrole nitrogens is 1. The predicted molar refractivity (Wildman–Crippen MR) is 134 cm³/mol. The highest BCUT2D eigenvalue weighted by atomic mass is 32.1. The lowest BCUT2D eigenvalue weighted by Gasteiger charge is -2.33. The highest BCUT2D eigenvalue weighted by molar-refractivity contribution is 7.17. The maximum Gasteiger partial charge on any atom is 0.270 e. The summed E-state index contributed by atoms with van der Waals surface area (Å²) in [5.41, 5.74) is 2.28. The van der Waals surface area contributed by atoms with Crippen LogP contribution in [0.4, 0.5) is 5.95 Å². The second kappa shape index (κ2) is 9.66. The van der Waals surface area contributed by atoms with Crippen molar-refractivity contribution in [3.8, 4) is 22.6 Å². The number of piperidine rings is 1. The van der Waals surface area contributed by atoms with Crippen LogP contribution in [0.1, 0.15) is 38.5 Å². The van der Waals surface area contributed by atoms with E-state index in [1.807, 2.05) is 28.5 Å². The summed E-state index contributed by atoms with van der Waals surface area (Å²) < 4.78 is 11.4. The lowest BCUT2D eigenvalue weighted by Crippen LogP contribution is -2.46. The number of methoxy groups -OCH3 is 2. The van der Waals surface area contributed by atoms with Gasteiger partial charge in [-0.05, 0) is 43.4 Å². The number of thiophene rings is 1. The molecule has 34 heavy (non-hydrogen) atoms. The topological polar surface area (TPSA) is 96.6 Å². The van der Waals surface area contributed by atoms with Gasteiger partial charge < -0.3 is 19.7 Å². The Hall–Kier alpha value is -3.07. The van der Waals surface area contributed by atoms with Crippen molar-refractivity contribution in [2.75, 3.05) is 32.2 Å². The zero-order valence-corrected chi connectivity index (χ0v) is 20.4. The van der Waals surface area contributed by atoms with Crippen LogP contribution >= 0.6 is 11.3 Å². The standard InChI is InChI=1S/C25H30N4O4S/c1-32-19-10-9-15(12-20(19)33-2)18-14-34-22-21(18)27-25(28-24(22)31)29-11-5-6-16(13-29)23(30)26-17-7-3-4-8-17/h9-10,12,14,16-17H,3-8,11,13H2,1-2H3,(H,26,30)(H,27,28,31)/t16-/m0/s1. The summed E-state index contributed by atoms with van der Waals surface area (Å²) in [7, 11) is 3.20. The smallest absolute Gasteiger partial charge is 0.270 e. The van der Waals surface area contributed by atoms with Crippen molar-refractivity contribution in [3.63, 3.8) is 0 Å². The van der Waals surface area contributed by atoms with Gasteiger partial charge in [0.05, 0.1) is 25.7 Å². The van der Waals surface area contributed by atoms with E-state index in [9.17, 15) is 9.59 Å². The zero-order valence-electron chi connectivity index (χ0n) is 19.6. The van der Waals surface area contributed by atoms with Gasteiger partial charge in [-0.2, -0.15) is 0 Å². The summed E-state index contributed by atoms with van der Waals surface area (Å²) in [5.74, 6) is 1.82. The molecule has 5 rings (SSSR count). The van der Waals surface area contributed by atoms with E-state index in [1.165, 1.54) is 24.2 Å². The number of anilines is 1. The molecule has 0 radical (unpaired) electrons. The Morgan fingerprint density at radius 2 is 1.94 bits per heavy atom. The van der Waals surface area contributed by atoms with Gasteiger partial charge in [-0.1, -0.05) is 18.9 Å². The van der Waals surface area contributed by atoms with Crippen molar-refractivity contribution in [2.45, 2.75) is 44.6 Å². The largest absolute Gasteiger partial charge is 0.493 e. The van der Waals surface area contributed by atoms with E-state index in [0.29, 0.717) is 40.3 Å². The molecule has 1 aromatic carbocycles. The van der Waals surface area contributed by atoms with Crippen LogP contribution in [-0.4, -0.2) is 49.2 Å². The van der Waals surface area contributed by atoms with Crippen LogP contribution in [0.2, 0.25) is 0 Å². The molecule has 1 atom stereocenters. The second-order valence-electron chi connectivity index (χ2n) is 9.06. The minimum absolute atomic E-state index is 0.0943. The van der Waals surface area contributed by atoms with Gasteiger partial charge in [0.1, 0.15) is 4.70 Å². The molecule has 0 unspecified atom stereocenters. The van der Waals surface area contributed by atoms with Gasteiger partial charge in [0.2, 0.25) is 11.9 Å². The molecular weight excluding hydrogens is 452 g/mol. The molecular formula is C25H30N4O4S. The summed E-state index contributed by atoms with van der Waals surface area (Å²) in [6.45, 7) is 1.32. The fourth-order valence-electron chi connectivity index (χ4n) is 5.05. The zero-order chi connectivity index (χ0) is 23.7. The molecule has 3 aromatic rings. The minimum atomic E-state index is -0.158. The number of carbonyl (C=O) groups is 1. The van der Waals surface area contributed by atoms with Crippen molar-refractivity contribution in [1.82, 2.24) is 15.3 Å². The van der Waals surface area contributed by atoms with E-state index >= 15 is 0 Å². The van der Waals surface area contributed by atoms with Gasteiger partial charge in [0.25, 0.3) is 5.56 Å². The third-order valence-corrected chi connectivity index (χ3v) is 7.87. The number of carbonyl (C=O) groups excluding carboxylic acids is 1. The normalized spacial score (nSPS) is 18.9. The van der Waals surface area contributed by atoms with Crippen LogP contribution < -0.4 is 25.2 Å². The molecule has 1 aliphatic carbocycles. The summed E-state index contributed by atoms with van der Waals surface area (Å²) in [5, 5.41) is 5.18. The van der Waals surface area contributed by atoms with Gasteiger partial charge in [-0.15, -0.1) is 11.3 Å². The van der Waals surface area contributed by atoms with Gasteiger partial charge in [-0.25, -0.2) is 4.98 Å². The molecule has 2 aliphatic rings. The fraction of sp³-hybridized carbons (Fsp3) is 0.480. The molecule has 2 fully saturated rings. The molecule has 1 saturated carbocycles. The van der Waals surface area contributed by atoms with Crippen molar-refractivity contribution in [1.29, 1.82) is 0 Å². The van der Waals surface area contributed by atoms with Gasteiger partial charge in [0, 0.05) is 30.1 Å². The summed E-state index contributed by atoms with van der Waals surface area (Å²) in [6, 6.07) is 6.00. The minimum Gasteiger partial charge on any atom is -0.493 e. The monoisotopic (exact) mass is 482 g/mol. The van der Waals surface area contributed by atoms with Crippen LogP contribution in [0.3, 0.4) is 0 Å². The van der Waals surface area contributed by atoms with Crippen LogP contribution in [0, 0.1) is 5.92 Å². The van der Waals surface area contributed by atoms with Crippen molar-refractivity contribution in [3.05, 3.63) is 33.9 Å². The third kappa shape index (κ3) is 4.36. The Kier molecular flexibility index (Phi) is 6.45. The van der Waals surface area contributed by atoms with E-state index in [0.717, 1.165) is 43.4 Å². The maximum atomic E-state index is 12.9. The number of amides is 1. The number of ether oxygens (including phenoxy) is 2. The van der Waals surface area contributed by atoms with Gasteiger partial charge in [-0.3, -0.25) is 14.6 Å². The molecule has 3 heterocycles. The Bertz CT molecular complexity index is 1250. The lowest BCUT2D eigenvalue weighted by molar-refractivity contribution is -0.125. The van der Waals surface area contributed by atoms with E-state index in [4.69, 9.17) is 14.5 Å². The predicted octanol–water partition coefficient (Wildman–Crippen LogP) is 3.94. The molecule has 1 saturated heterocycles. The maximum absolute atomic E-state index is 12.9. The van der Waals surface area contributed by atoms with Crippen molar-refractivity contribution < 1.29 is 14.3 Å². The molecule has 1 amide bonds. The first-order valence-corrected chi connectivity index (χ1v) is 12.7. The first-order valence-electron chi connectivity index (χ1n) is 11.9. The van der Waals surface area contributed by atoms with Crippen LogP contribution in [-0.2, 0) is 4.79 Å². The lowest BCUT2D eigenvalue weighted by atomic mass is 9.97. The Morgan fingerprint density at radius 1 is 1.15 bits per heavy atom. The first-order chi connectivity index (χ1) is 16.6. The number of aromatic amines is 1. The van der Waals surface area contributed by atoms with E-state index < -0.39 is 0 Å². The van der Waals surface area contributed by atoms with Crippen LogP contribution in [0.25, 0.3) is 21.3 Å². The fourth-order valence-corrected chi connectivity index (χ4v) is 5.96. The number of rotatable bonds is 6. The Morgan fingerprint density at radius 3 is 2.71 bits per heavy atom. The number of nitrogens with one attached hydrogen (secondary N) is 2. The number of benzene rings is 1. The van der Waals surface area contributed by atoms with E-state index in [2.05, 4.69) is 10.3 Å². The first kappa shape index (κ1) is 22.7. The Labute approximate surface area is 202 Å². The van der Waals surface area contributed by atoms with Crippen molar-refractivity contribution >= 4 is 33.4 Å². The summed E-state index contributed by atoms with van der Waals surface area (Å²) in [4.78, 5) is 35.7. The van der Waals surface area contributed by atoms with Gasteiger partial charge >= 0.3 is 0 Å². The molecule has 180 valence electrons. The summed E-state index contributed by atoms with van der Waals surface area (Å²) in [6.07, 6.45) is 6.27. The molecule has 1 aliphatic heterocycles. The number of fused-ring (bicyclic) bond motifs is 1. The highest BCUT2D eigenvalue weighted by Crippen LogP contribution is 2.37. The second-order valence-corrected chi connectivity index (χ2v) is 9.94. The van der Waals surface area contributed by atoms with Crippen LogP contribution in [0.5, 0.6) is 11.5 Å². The number of hydrogen-bond acceptors (Lipinski definition) is 7. The van der Waals surface area contributed by atoms with E-state index in [-0.39, 0.29) is 17.4 Å². The number of nitrogens with zero attached hydrogens (tertiary/aromatic N) is 2. The molecule has 0 spiro atoms. The van der Waals surface area contributed by atoms with Gasteiger partial charge in [0.15, 0.2) is 11.5 Å². The average molecular weight is 483 g/mol. The number of hydrogen-bond donors (Lipinski definition) is 2. The highest BCUT2D eigenvalue weighted by Gasteiger charge is 2.29. The SMILES string of the molecule is COc1ccc(-c2csc3c(=O)[nH]c(N4CCC[C@H](C(=O)NC5CCCC5)C4)nc23)cc1OC. The molecule has 2 aromatic heterocycles. The van der Waals surface area contributed by atoms with E-state index in [1.54, 1.807) is 14.2 Å². The summed E-state index contributed by atoms with van der Waals surface area (Å²) >= 11 is 1.38. The molecule has 2 N–H and O–H groups in total. The Balaban J connectivity index is 1.43. The molecule has 0 bridgehead atoms. The average Bonchev–Trinajstić information content (AvgIpc) is 3.54. The van der Waals surface area contributed by atoms with Crippen molar-refractivity contribution in [2.24, 2.45) is 5.92 Å². The quantitative estimate of drug-likeness (QED) is 0.552. The van der Waals surface area contributed by atoms with Crippen LogP contribution in [0.15, 0.2) is 28.4 Å². The molecule has 8 nitrogen and oxygen atoms in total.